The van der Waals surface area contributed by atoms with Gasteiger partial charge in [0, 0.05) is 5.92 Å². The molecule has 5 heteroatoms. The largest absolute Gasteiger partial charge is 0.460 e. The van der Waals surface area contributed by atoms with Crippen LogP contribution < -0.4 is 0 Å². The summed E-state index contributed by atoms with van der Waals surface area (Å²) in [5.41, 5.74) is 0.303. The highest BCUT2D eigenvalue weighted by molar-refractivity contribution is 5.87. The maximum Gasteiger partial charge on any atom is 0.307 e. The van der Waals surface area contributed by atoms with E-state index in [1.807, 2.05) is 51.1 Å². The van der Waals surface area contributed by atoms with Crippen molar-refractivity contribution in [3.8, 4) is 0 Å². The van der Waals surface area contributed by atoms with Crippen molar-refractivity contribution in [2.75, 3.05) is 6.61 Å². The van der Waals surface area contributed by atoms with Crippen molar-refractivity contribution in [3.05, 3.63) is 35.9 Å². The molecule has 1 aliphatic heterocycles. The molecule has 0 unspecified atom stereocenters. The Morgan fingerprint density at radius 3 is 2.50 bits per heavy atom. The standard InChI is InChI=1S/C19H26O5/c1-18(2,3)23-16(21)11-14(13-9-7-6-8-10-13)17-15(20)12-22-19(4,5)24-17/h6-10,14,17H,11-12H2,1-5H3/t14-,17-/m0/s1. The van der Waals surface area contributed by atoms with E-state index < -0.39 is 23.4 Å². The van der Waals surface area contributed by atoms with Gasteiger partial charge in [-0.15, -0.1) is 0 Å². The SMILES string of the molecule is CC(C)(C)OC(=O)C[C@@H](c1ccccc1)[C@@H]1OC(C)(C)OCC1=O. The van der Waals surface area contributed by atoms with E-state index in [0.717, 1.165) is 5.56 Å². The summed E-state index contributed by atoms with van der Waals surface area (Å²) in [7, 11) is 0. The summed E-state index contributed by atoms with van der Waals surface area (Å²) in [5.74, 6) is -1.78. The first-order valence-electron chi connectivity index (χ1n) is 8.19. The minimum absolute atomic E-state index is 0.0185. The van der Waals surface area contributed by atoms with E-state index in [-0.39, 0.29) is 24.8 Å². The summed E-state index contributed by atoms with van der Waals surface area (Å²) < 4.78 is 16.7. The number of hydrogen-bond donors (Lipinski definition) is 0. The van der Waals surface area contributed by atoms with Gasteiger partial charge < -0.3 is 14.2 Å². The third kappa shape index (κ3) is 5.14. The molecule has 1 fully saturated rings. The molecule has 1 aromatic rings. The van der Waals surface area contributed by atoms with Gasteiger partial charge in [0.1, 0.15) is 18.3 Å². The normalized spacial score (nSPS) is 22.0. The van der Waals surface area contributed by atoms with Crippen molar-refractivity contribution in [2.24, 2.45) is 0 Å². The molecule has 0 radical (unpaired) electrons. The van der Waals surface area contributed by atoms with Gasteiger partial charge in [-0.05, 0) is 40.2 Å². The van der Waals surface area contributed by atoms with Crippen LogP contribution in [0.1, 0.15) is 52.5 Å². The molecule has 132 valence electrons. The molecule has 0 bridgehead atoms. The van der Waals surface area contributed by atoms with Crippen LogP contribution in [0.2, 0.25) is 0 Å². The number of carbonyl (C=O) groups excluding carboxylic acids is 2. The number of Topliss-reactive ketones (excluding diaryl/α,β-unsaturated/α-hetero) is 1. The zero-order valence-electron chi connectivity index (χ0n) is 15.0. The molecule has 2 rings (SSSR count). The van der Waals surface area contributed by atoms with Crippen molar-refractivity contribution in [3.63, 3.8) is 0 Å². The fraction of sp³-hybridized carbons (Fsp3) is 0.579. The average molecular weight is 334 g/mol. The van der Waals surface area contributed by atoms with Gasteiger partial charge in [0.25, 0.3) is 0 Å². The summed E-state index contributed by atoms with van der Waals surface area (Å²) in [6, 6.07) is 9.45. The van der Waals surface area contributed by atoms with Crippen LogP contribution >= 0.6 is 0 Å². The van der Waals surface area contributed by atoms with E-state index in [0.29, 0.717) is 0 Å². The Hall–Kier alpha value is -1.72. The summed E-state index contributed by atoms with van der Waals surface area (Å²) >= 11 is 0. The van der Waals surface area contributed by atoms with Crippen LogP contribution in [-0.4, -0.2) is 35.9 Å². The first-order chi connectivity index (χ1) is 11.1. The molecule has 1 aliphatic rings. The van der Waals surface area contributed by atoms with Gasteiger partial charge in [0.15, 0.2) is 11.6 Å². The Morgan fingerprint density at radius 2 is 1.92 bits per heavy atom. The first kappa shape index (κ1) is 18.6. The lowest BCUT2D eigenvalue weighted by Crippen LogP contribution is -2.49. The molecule has 2 atom stereocenters. The second-order valence-corrected chi connectivity index (χ2v) is 7.50. The third-order valence-corrected chi connectivity index (χ3v) is 3.69. The zero-order valence-corrected chi connectivity index (χ0v) is 15.0. The topological polar surface area (TPSA) is 61.8 Å². The van der Waals surface area contributed by atoms with Gasteiger partial charge >= 0.3 is 5.97 Å². The van der Waals surface area contributed by atoms with E-state index >= 15 is 0 Å². The molecule has 0 saturated carbocycles. The lowest BCUT2D eigenvalue weighted by molar-refractivity contribution is -0.262. The molecule has 0 amide bonds. The van der Waals surface area contributed by atoms with Crippen LogP contribution in [0.25, 0.3) is 0 Å². The van der Waals surface area contributed by atoms with E-state index in [2.05, 4.69) is 0 Å². The van der Waals surface area contributed by atoms with Crippen molar-refractivity contribution in [1.82, 2.24) is 0 Å². The van der Waals surface area contributed by atoms with Crippen LogP contribution in [0.3, 0.4) is 0 Å². The molecule has 0 aromatic heterocycles. The Kier molecular flexibility index (Phi) is 5.45. The van der Waals surface area contributed by atoms with Gasteiger partial charge in [-0.2, -0.15) is 0 Å². The average Bonchev–Trinajstić information content (AvgIpc) is 2.47. The van der Waals surface area contributed by atoms with Crippen molar-refractivity contribution in [2.45, 2.75) is 64.4 Å². The molecule has 24 heavy (non-hydrogen) atoms. The summed E-state index contributed by atoms with van der Waals surface area (Å²) in [5, 5.41) is 0. The predicted molar refractivity (Wildman–Crippen MR) is 89.6 cm³/mol. The summed E-state index contributed by atoms with van der Waals surface area (Å²) in [6.45, 7) is 8.98. The Labute approximate surface area is 143 Å². The Morgan fingerprint density at radius 1 is 1.29 bits per heavy atom. The highest BCUT2D eigenvalue weighted by Gasteiger charge is 2.41. The highest BCUT2D eigenvalue weighted by atomic mass is 16.7. The molecule has 5 nitrogen and oxygen atoms in total. The lowest BCUT2D eigenvalue weighted by Gasteiger charge is -2.38. The number of hydrogen-bond acceptors (Lipinski definition) is 5. The van der Waals surface area contributed by atoms with Crippen molar-refractivity contribution in [1.29, 1.82) is 0 Å². The quantitative estimate of drug-likeness (QED) is 0.791. The van der Waals surface area contributed by atoms with Crippen LogP contribution in [0.4, 0.5) is 0 Å². The Balaban J connectivity index is 2.26. The van der Waals surface area contributed by atoms with E-state index in [1.165, 1.54) is 0 Å². The number of rotatable bonds is 4. The molecule has 1 aromatic carbocycles. The lowest BCUT2D eigenvalue weighted by atomic mass is 9.87. The minimum atomic E-state index is -0.862. The van der Waals surface area contributed by atoms with Gasteiger partial charge in [0.2, 0.25) is 0 Å². The second-order valence-electron chi connectivity index (χ2n) is 7.50. The molecular formula is C19H26O5. The zero-order chi connectivity index (χ0) is 18.0. The molecular weight excluding hydrogens is 308 g/mol. The predicted octanol–water partition coefficient (Wildman–Crippen LogP) is 3.22. The van der Waals surface area contributed by atoms with Gasteiger partial charge in [-0.25, -0.2) is 0 Å². The number of benzene rings is 1. The molecule has 0 aliphatic carbocycles. The van der Waals surface area contributed by atoms with Crippen LogP contribution in [0.5, 0.6) is 0 Å². The van der Waals surface area contributed by atoms with Crippen LogP contribution in [0.15, 0.2) is 30.3 Å². The monoisotopic (exact) mass is 334 g/mol. The second kappa shape index (κ2) is 7.03. The van der Waals surface area contributed by atoms with Crippen molar-refractivity contribution < 1.29 is 23.8 Å². The fourth-order valence-electron chi connectivity index (χ4n) is 2.70. The summed E-state index contributed by atoms with van der Waals surface area (Å²) in [4.78, 5) is 24.7. The maximum absolute atomic E-state index is 12.4. The number of ether oxygens (including phenoxy) is 3. The number of esters is 1. The minimum Gasteiger partial charge on any atom is -0.460 e. The Bertz CT molecular complexity index is 586. The van der Waals surface area contributed by atoms with Gasteiger partial charge in [-0.1, -0.05) is 30.3 Å². The van der Waals surface area contributed by atoms with E-state index in [1.54, 1.807) is 13.8 Å². The molecule has 1 saturated heterocycles. The van der Waals surface area contributed by atoms with Crippen LogP contribution in [0, 0.1) is 0 Å². The number of ketones is 1. The molecule has 1 heterocycles. The van der Waals surface area contributed by atoms with Gasteiger partial charge in [-0.3, -0.25) is 9.59 Å². The summed E-state index contributed by atoms with van der Waals surface area (Å²) in [6.07, 6.45) is -0.656. The highest BCUT2D eigenvalue weighted by Crippen LogP contribution is 2.33. The van der Waals surface area contributed by atoms with Crippen LogP contribution in [-0.2, 0) is 23.8 Å². The maximum atomic E-state index is 12.4. The van der Waals surface area contributed by atoms with Gasteiger partial charge in [0.05, 0.1) is 6.42 Å². The number of carbonyl (C=O) groups is 2. The van der Waals surface area contributed by atoms with Crippen molar-refractivity contribution >= 4 is 11.8 Å². The third-order valence-electron chi connectivity index (χ3n) is 3.69. The first-order valence-corrected chi connectivity index (χ1v) is 8.19. The smallest absolute Gasteiger partial charge is 0.307 e. The van der Waals surface area contributed by atoms with E-state index in [9.17, 15) is 9.59 Å². The molecule has 0 spiro atoms. The van der Waals surface area contributed by atoms with E-state index in [4.69, 9.17) is 14.2 Å². The molecule has 0 N–H and O–H groups in total. The fourth-order valence-corrected chi connectivity index (χ4v) is 2.70.